The van der Waals surface area contributed by atoms with Crippen LogP contribution in [0.2, 0.25) is 0 Å². The molecule has 308 valence electrons. The fourth-order valence-corrected chi connectivity index (χ4v) is 7.04. The number of nitrogens with zero attached hydrogens (tertiary/aromatic N) is 2. The highest BCUT2D eigenvalue weighted by Crippen LogP contribution is 2.23. The molecule has 18 heteroatoms. The Kier molecular flexibility index (Phi) is 18.7. The zero-order valence-corrected chi connectivity index (χ0v) is 31.6. The van der Waals surface area contributed by atoms with Crippen LogP contribution in [0.4, 0.5) is 0 Å². The Morgan fingerprint density at radius 3 is 1.89 bits per heavy atom. The van der Waals surface area contributed by atoms with Crippen LogP contribution >= 0.6 is 0 Å². The van der Waals surface area contributed by atoms with Crippen molar-refractivity contribution < 1.29 is 44.1 Å². The normalized spacial score (nSPS) is 20.3. The third-order valence-electron chi connectivity index (χ3n) is 10.1. The van der Waals surface area contributed by atoms with Crippen LogP contribution in [-0.2, 0) is 35.2 Å². The van der Waals surface area contributed by atoms with E-state index in [0.29, 0.717) is 76.6 Å². The van der Waals surface area contributed by atoms with Crippen molar-refractivity contribution in [3.05, 3.63) is 29.8 Å². The molecule has 18 nitrogen and oxygen atoms in total. The van der Waals surface area contributed by atoms with E-state index in [2.05, 4.69) is 16.0 Å². The van der Waals surface area contributed by atoms with Gasteiger partial charge in [0.2, 0.25) is 29.5 Å². The maximum Gasteiger partial charge on any atom is 0.326 e. The molecular weight excluding hydrogens is 714 g/mol. The molecule has 5 amide bonds. The van der Waals surface area contributed by atoms with Gasteiger partial charge in [-0.2, -0.15) is 0 Å². The van der Waals surface area contributed by atoms with Crippen LogP contribution in [0.3, 0.4) is 0 Å². The number of nitrogens with one attached hydrogen (secondary N) is 3. The predicted molar refractivity (Wildman–Crippen MR) is 203 cm³/mol. The molecule has 55 heavy (non-hydrogen) atoms. The van der Waals surface area contributed by atoms with Crippen molar-refractivity contribution in [1.82, 2.24) is 25.8 Å². The van der Waals surface area contributed by atoms with Crippen molar-refractivity contribution in [2.24, 2.45) is 22.9 Å². The number of β-amino-alcohol motifs (C(OH)–C–C–N with tert-alkyl or cyclic N) is 1. The summed E-state index contributed by atoms with van der Waals surface area (Å²) in [6.45, 7) is 1.26. The first kappa shape index (κ1) is 45.0. The fourth-order valence-electron chi connectivity index (χ4n) is 7.04. The molecule has 1 aromatic carbocycles. The minimum atomic E-state index is -1.30. The number of amides is 5. The highest BCUT2D eigenvalue weighted by molar-refractivity contribution is 5.96. The molecule has 2 aliphatic heterocycles. The van der Waals surface area contributed by atoms with Crippen molar-refractivity contribution in [1.29, 1.82) is 0 Å². The highest BCUT2D eigenvalue weighted by atomic mass is 16.4. The number of rotatable bonds is 23. The van der Waals surface area contributed by atoms with Gasteiger partial charge < -0.3 is 64.0 Å². The molecule has 0 unspecified atom stereocenters. The van der Waals surface area contributed by atoms with Gasteiger partial charge in [-0.25, -0.2) is 4.79 Å². The number of aromatic hydroxyl groups is 1. The lowest BCUT2D eigenvalue weighted by molar-refractivity contribution is -0.145. The predicted octanol–water partition coefficient (Wildman–Crippen LogP) is -1.86. The van der Waals surface area contributed by atoms with Gasteiger partial charge in [-0.3, -0.25) is 24.0 Å². The number of phenolic OH excluding ortho intramolecular Hbond substituents is 1. The quantitative estimate of drug-likeness (QED) is 0.0547. The van der Waals surface area contributed by atoms with Gasteiger partial charge in [-0.1, -0.05) is 18.6 Å². The monoisotopic (exact) mass is 775 g/mol. The standard InChI is InChI=1S/C37H61N9O9/c38-16-4-1-8-26(41)35(52)46-22-25(48)21-31(46)34(51)42-27(9-2-5-17-39)32(49)43-28(10-3-6-18-40)36(53)45-19-7-11-30(45)33(50)44-29(37(54)55)20-23-12-14-24(47)15-13-23/h12-15,25-31,47-48H,1-11,16-22,38-41H2,(H,42,51)(H,43,49)(H,44,50)(H,54,55)/t25-,26+,27+,28+,29+,30+,31+/m1/s1. The third kappa shape index (κ3) is 13.7. The first-order valence-electron chi connectivity index (χ1n) is 19.4. The van der Waals surface area contributed by atoms with E-state index < -0.39 is 77.9 Å². The Bertz CT molecular complexity index is 1430. The molecule has 2 aliphatic rings. The van der Waals surface area contributed by atoms with Gasteiger partial charge in [-0.05, 0) is 102 Å². The van der Waals surface area contributed by atoms with Crippen molar-refractivity contribution in [2.45, 2.75) is 126 Å². The number of unbranched alkanes of at least 4 members (excludes halogenated alkanes) is 3. The number of carbonyl (C=O) groups is 6. The molecule has 0 aromatic heterocycles. The molecule has 0 bridgehead atoms. The lowest BCUT2D eigenvalue weighted by atomic mass is 10.0. The summed E-state index contributed by atoms with van der Waals surface area (Å²) in [4.78, 5) is 83.2. The van der Waals surface area contributed by atoms with Crippen LogP contribution < -0.4 is 38.9 Å². The van der Waals surface area contributed by atoms with Gasteiger partial charge in [0, 0.05) is 25.9 Å². The van der Waals surface area contributed by atoms with Gasteiger partial charge in [0.1, 0.15) is 36.0 Å². The van der Waals surface area contributed by atoms with Gasteiger partial charge in [-0.15, -0.1) is 0 Å². The largest absolute Gasteiger partial charge is 0.508 e. The third-order valence-corrected chi connectivity index (χ3v) is 10.1. The van der Waals surface area contributed by atoms with E-state index in [0.717, 1.165) is 0 Å². The number of aliphatic carboxylic acids is 1. The molecule has 7 atom stereocenters. The molecule has 2 fully saturated rings. The molecule has 1 aromatic rings. The molecular formula is C37H61N9O9. The van der Waals surface area contributed by atoms with Crippen molar-refractivity contribution >= 4 is 35.5 Å². The number of carbonyl (C=O) groups excluding carboxylic acids is 5. The SMILES string of the molecule is NCCCC[C@H](NC(=O)[C@@H]1C[C@@H](O)CN1C(=O)[C@@H](N)CCCCN)C(=O)N[C@@H](CCCCN)C(=O)N1CCC[C@H]1C(=O)N[C@@H](Cc1ccc(O)cc1)C(=O)O. The Hall–Kier alpha value is -4.36. The highest BCUT2D eigenvalue weighted by Gasteiger charge is 2.42. The number of likely N-dealkylation sites (tertiary alicyclic amines) is 2. The van der Waals surface area contributed by atoms with Crippen LogP contribution in [0.25, 0.3) is 0 Å². The molecule has 0 radical (unpaired) electrons. The van der Waals surface area contributed by atoms with E-state index in [1.165, 1.54) is 21.9 Å². The van der Waals surface area contributed by atoms with Gasteiger partial charge in [0.15, 0.2) is 0 Å². The van der Waals surface area contributed by atoms with Crippen LogP contribution in [0.5, 0.6) is 5.75 Å². The minimum Gasteiger partial charge on any atom is -0.508 e. The minimum absolute atomic E-state index is 0.0134. The van der Waals surface area contributed by atoms with Crippen molar-refractivity contribution in [3.8, 4) is 5.75 Å². The Morgan fingerprint density at radius 1 is 0.727 bits per heavy atom. The molecule has 2 heterocycles. The smallest absolute Gasteiger partial charge is 0.326 e. The van der Waals surface area contributed by atoms with E-state index in [1.54, 1.807) is 12.1 Å². The number of hydrogen-bond donors (Lipinski definition) is 10. The summed E-state index contributed by atoms with van der Waals surface area (Å²) in [6.07, 6.45) is 3.77. The number of hydrogen-bond acceptors (Lipinski definition) is 12. The van der Waals surface area contributed by atoms with Crippen LogP contribution in [0.15, 0.2) is 24.3 Å². The van der Waals surface area contributed by atoms with Crippen LogP contribution in [0.1, 0.15) is 82.6 Å². The van der Waals surface area contributed by atoms with Crippen molar-refractivity contribution in [2.75, 3.05) is 32.7 Å². The maximum absolute atomic E-state index is 14.1. The lowest BCUT2D eigenvalue weighted by Gasteiger charge is -2.31. The van der Waals surface area contributed by atoms with E-state index >= 15 is 0 Å². The summed E-state index contributed by atoms with van der Waals surface area (Å²) >= 11 is 0. The van der Waals surface area contributed by atoms with E-state index in [4.69, 9.17) is 22.9 Å². The van der Waals surface area contributed by atoms with Crippen LogP contribution in [-0.4, -0.2) is 136 Å². The Labute approximate surface area is 322 Å². The summed E-state index contributed by atoms with van der Waals surface area (Å²) < 4.78 is 0. The second-order valence-electron chi connectivity index (χ2n) is 14.4. The topological polar surface area (TPSA) is 310 Å². The van der Waals surface area contributed by atoms with Gasteiger partial charge >= 0.3 is 5.97 Å². The lowest BCUT2D eigenvalue weighted by Crippen LogP contribution is -2.59. The molecule has 2 saturated heterocycles. The zero-order valence-electron chi connectivity index (χ0n) is 31.6. The summed E-state index contributed by atoms with van der Waals surface area (Å²) in [5.41, 5.74) is 23.7. The molecule has 0 aliphatic carbocycles. The van der Waals surface area contributed by atoms with Gasteiger partial charge in [0.05, 0.1) is 12.1 Å². The number of phenols is 1. The number of aliphatic hydroxyl groups excluding tert-OH is 1. The Balaban J connectivity index is 1.76. The second-order valence-corrected chi connectivity index (χ2v) is 14.4. The molecule has 0 saturated carbocycles. The molecule has 3 rings (SSSR count). The number of carboxylic acid groups (broad SMARTS) is 1. The summed E-state index contributed by atoms with van der Waals surface area (Å²) in [5.74, 6) is -4.20. The average Bonchev–Trinajstić information content (AvgIpc) is 3.81. The second kappa shape index (κ2) is 22.9. The average molecular weight is 776 g/mol. The first-order valence-corrected chi connectivity index (χ1v) is 19.4. The summed E-state index contributed by atoms with van der Waals surface area (Å²) in [5, 5.41) is 38.0. The van der Waals surface area contributed by atoms with E-state index in [1.807, 2.05) is 0 Å². The van der Waals surface area contributed by atoms with E-state index in [-0.39, 0.29) is 50.9 Å². The first-order chi connectivity index (χ1) is 26.3. The Morgan fingerprint density at radius 2 is 1.29 bits per heavy atom. The van der Waals surface area contributed by atoms with E-state index in [9.17, 15) is 44.1 Å². The summed E-state index contributed by atoms with van der Waals surface area (Å²) in [6, 6.07) is -0.513. The maximum atomic E-state index is 14.1. The van der Waals surface area contributed by atoms with Gasteiger partial charge in [0.25, 0.3) is 0 Å². The number of carboxylic acids is 1. The fraction of sp³-hybridized carbons (Fsp3) is 0.676. The summed E-state index contributed by atoms with van der Waals surface area (Å²) in [7, 11) is 0. The number of aliphatic hydroxyl groups is 1. The molecule has 0 spiro atoms. The number of nitrogens with two attached hydrogens (primary N) is 4. The zero-order chi connectivity index (χ0) is 40.5. The number of benzene rings is 1. The molecule has 14 N–H and O–H groups in total. The van der Waals surface area contributed by atoms with Crippen molar-refractivity contribution in [3.63, 3.8) is 0 Å². The van der Waals surface area contributed by atoms with Crippen LogP contribution in [0, 0.1) is 0 Å².